The van der Waals surface area contributed by atoms with Crippen LogP contribution < -0.4 is 0 Å². The number of ether oxygens (including phenoxy) is 1. The molecule has 4 rings (SSSR count). The van der Waals surface area contributed by atoms with E-state index in [4.69, 9.17) is 4.74 Å². The summed E-state index contributed by atoms with van der Waals surface area (Å²) < 4.78 is 5.80. The normalized spacial score (nSPS) is 43.3. The average molecular weight is 370 g/mol. The molecule has 0 N–H and O–H groups in total. The molecule has 0 amide bonds. The third-order valence-corrected chi connectivity index (χ3v) is 8.25. The molecule has 0 aromatic rings. The third-order valence-electron chi connectivity index (χ3n) is 8.25. The molecule has 6 atom stereocenters. The molecule has 0 aromatic heterocycles. The Hall–Kier alpha value is -1.71. The average Bonchev–Trinajstić information content (AvgIpc) is 2.82. The van der Waals surface area contributed by atoms with Gasteiger partial charge in [0.1, 0.15) is 0 Å². The van der Waals surface area contributed by atoms with Crippen LogP contribution in [0.1, 0.15) is 65.7 Å². The lowest BCUT2D eigenvalue weighted by Crippen LogP contribution is -2.58. The topological polar surface area (TPSA) is 60.4 Å². The molecule has 3 fully saturated rings. The monoisotopic (exact) mass is 370 g/mol. The van der Waals surface area contributed by atoms with Crippen molar-refractivity contribution in [2.24, 2.45) is 29.1 Å². The lowest BCUT2D eigenvalue weighted by molar-refractivity contribution is -0.180. The molecule has 27 heavy (non-hydrogen) atoms. The molecule has 0 saturated heterocycles. The van der Waals surface area contributed by atoms with E-state index in [0.29, 0.717) is 30.1 Å². The van der Waals surface area contributed by atoms with Crippen LogP contribution in [-0.4, -0.2) is 23.1 Å². The van der Waals surface area contributed by atoms with Crippen molar-refractivity contribution in [3.63, 3.8) is 0 Å². The van der Waals surface area contributed by atoms with Crippen LogP contribution in [0.15, 0.2) is 23.8 Å². The van der Waals surface area contributed by atoms with Crippen molar-refractivity contribution in [3.05, 3.63) is 23.8 Å². The first-order chi connectivity index (χ1) is 12.7. The second-order valence-electron chi connectivity index (χ2n) is 9.40. The fraction of sp³-hybridized carbons (Fsp3) is 0.696. The Morgan fingerprint density at radius 3 is 2.56 bits per heavy atom. The van der Waals surface area contributed by atoms with Gasteiger partial charge in [-0.15, -0.1) is 0 Å². The third kappa shape index (κ3) is 2.44. The predicted octanol–water partition coefficient (Wildman–Crippen LogP) is 4.19. The SMILES string of the molecule is C=C1C[C@H]2[C@@H]3CCC4=CC(=O)CCC4[C@H]3CC[C@]2(C)[C@@]1(OC(C)=O)C(C)=O. The summed E-state index contributed by atoms with van der Waals surface area (Å²) in [4.78, 5) is 36.6. The number of carbonyl (C=O) groups is 3. The van der Waals surface area contributed by atoms with E-state index in [9.17, 15) is 14.4 Å². The van der Waals surface area contributed by atoms with Gasteiger partial charge in [0.15, 0.2) is 17.2 Å². The number of Topliss-reactive ketones (excluding diaryl/α,β-unsaturated/α-hetero) is 1. The van der Waals surface area contributed by atoms with Gasteiger partial charge in [-0.1, -0.05) is 19.1 Å². The van der Waals surface area contributed by atoms with Gasteiger partial charge in [-0.05, 0) is 80.8 Å². The Labute approximate surface area is 161 Å². The number of rotatable bonds is 2. The van der Waals surface area contributed by atoms with E-state index < -0.39 is 11.6 Å². The number of esters is 1. The summed E-state index contributed by atoms with van der Waals surface area (Å²) in [6.45, 7) is 9.30. The number of hydrogen-bond donors (Lipinski definition) is 0. The molecule has 0 bridgehead atoms. The molecule has 0 heterocycles. The zero-order valence-electron chi connectivity index (χ0n) is 16.7. The number of ketones is 2. The van der Waals surface area contributed by atoms with Crippen LogP contribution in [0.5, 0.6) is 0 Å². The van der Waals surface area contributed by atoms with E-state index in [2.05, 4.69) is 13.5 Å². The Balaban J connectivity index is 1.71. The number of fused-ring (bicyclic) bond motifs is 5. The van der Waals surface area contributed by atoms with E-state index in [1.807, 2.05) is 6.08 Å². The van der Waals surface area contributed by atoms with Crippen molar-refractivity contribution in [3.8, 4) is 0 Å². The van der Waals surface area contributed by atoms with E-state index in [-0.39, 0.29) is 17.0 Å². The summed E-state index contributed by atoms with van der Waals surface area (Å²) in [5.74, 6) is 1.68. The Bertz CT molecular complexity index is 762. The summed E-state index contributed by atoms with van der Waals surface area (Å²) >= 11 is 0. The minimum atomic E-state index is -1.17. The van der Waals surface area contributed by atoms with Crippen LogP contribution >= 0.6 is 0 Å². The molecule has 1 unspecified atom stereocenters. The van der Waals surface area contributed by atoms with Crippen LogP contribution in [0.2, 0.25) is 0 Å². The first-order valence-corrected chi connectivity index (χ1v) is 10.3. The highest BCUT2D eigenvalue weighted by molar-refractivity contribution is 5.93. The lowest BCUT2D eigenvalue weighted by atomic mass is 9.50. The fourth-order valence-electron chi connectivity index (χ4n) is 7.25. The van der Waals surface area contributed by atoms with Gasteiger partial charge < -0.3 is 4.74 Å². The molecule has 4 aliphatic carbocycles. The van der Waals surface area contributed by atoms with Crippen LogP contribution in [0.4, 0.5) is 0 Å². The van der Waals surface area contributed by atoms with Gasteiger partial charge >= 0.3 is 5.97 Å². The summed E-state index contributed by atoms with van der Waals surface area (Å²) in [6.07, 6.45) is 8.23. The molecule has 0 spiro atoms. The zero-order chi connectivity index (χ0) is 19.6. The molecule has 0 aromatic carbocycles. The van der Waals surface area contributed by atoms with Gasteiger partial charge in [-0.25, -0.2) is 0 Å². The molecule has 3 saturated carbocycles. The number of allylic oxidation sites excluding steroid dienone is 1. The highest BCUT2D eigenvalue weighted by Crippen LogP contribution is 2.67. The van der Waals surface area contributed by atoms with Gasteiger partial charge in [0.25, 0.3) is 0 Å². The van der Waals surface area contributed by atoms with Crippen molar-refractivity contribution in [2.75, 3.05) is 0 Å². The molecule has 4 aliphatic rings. The van der Waals surface area contributed by atoms with Gasteiger partial charge in [0.2, 0.25) is 0 Å². The Kier molecular flexibility index (Phi) is 4.25. The molecule has 146 valence electrons. The molecular weight excluding hydrogens is 340 g/mol. The maximum Gasteiger partial charge on any atom is 0.303 e. The Morgan fingerprint density at radius 2 is 1.89 bits per heavy atom. The smallest absolute Gasteiger partial charge is 0.303 e. The predicted molar refractivity (Wildman–Crippen MR) is 102 cm³/mol. The Morgan fingerprint density at radius 1 is 1.15 bits per heavy atom. The van der Waals surface area contributed by atoms with Gasteiger partial charge in [0, 0.05) is 18.8 Å². The zero-order valence-corrected chi connectivity index (χ0v) is 16.7. The van der Waals surface area contributed by atoms with Crippen molar-refractivity contribution >= 4 is 17.5 Å². The number of carbonyl (C=O) groups excluding carboxylic acids is 3. The summed E-state index contributed by atoms with van der Waals surface area (Å²) in [7, 11) is 0. The molecule has 0 aliphatic heterocycles. The summed E-state index contributed by atoms with van der Waals surface area (Å²) in [5.41, 5.74) is 0.575. The summed E-state index contributed by atoms with van der Waals surface area (Å²) in [6, 6.07) is 0. The van der Waals surface area contributed by atoms with Crippen LogP contribution in [0.25, 0.3) is 0 Å². The van der Waals surface area contributed by atoms with Crippen molar-refractivity contribution in [1.29, 1.82) is 0 Å². The van der Waals surface area contributed by atoms with Gasteiger partial charge in [0.05, 0.1) is 0 Å². The lowest BCUT2D eigenvalue weighted by Gasteiger charge is -2.55. The van der Waals surface area contributed by atoms with Crippen molar-refractivity contribution in [2.45, 2.75) is 71.3 Å². The largest absolute Gasteiger partial charge is 0.446 e. The second-order valence-corrected chi connectivity index (χ2v) is 9.40. The minimum Gasteiger partial charge on any atom is -0.446 e. The van der Waals surface area contributed by atoms with Crippen LogP contribution in [-0.2, 0) is 19.1 Å². The molecular formula is C23H30O4. The van der Waals surface area contributed by atoms with Crippen LogP contribution in [0, 0.1) is 29.1 Å². The standard InChI is InChI=1S/C23H30O4/c1-13-11-21-20-7-5-16-12-17(26)6-8-18(16)19(20)9-10-22(21,4)23(13,14(2)24)27-15(3)25/h12,18-21H,1,5-11H2,2-4H3/t18?,19-,20-,21+,22+,23+/m1/s1. The van der Waals surface area contributed by atoms with Crippen molar-refractivity contribution < 1.29 is 19.1 Å². The number of hydrogen-bond acceptors (Lipinski definition) is 4. The second kappa shape index (κ2) is 6.15. The molecule has 4 heteroatoms. The van der Waals surface area contributed by atoms with Crippen LogP contribution in [0.3, 0.4) is 0 Å². The van der Waals surface area contributed by atoms with E-state index in [1.54, 1.807) is 6.92 Å². The maximum atomic E-state index is 12.8. The summed E-state index contributed by atoms with van der Waals surface area (Å²) in [5, 5.41) is 0. The molecule has 4 nitrogen and oxygen atoms in total. The highest BCUT2D eigenvalue weighted by Gasteiger charge is 2.68. The van der Waals surface area contributed by atoms with E-state index >= 15 is 0 Å². The quantitative estimate of drug-likeness (QED) is 0.540. The van der Waals surface area contributed by atoms with E-state index in [1.165, 1.54) is 12.5 Å². The first kappa shape index (κ1) is 18.6. The van der Waals surface area contributed by atoms with Gasteiger partial charge in [-0.3, -0.25) is 14.4 Å². The highest BCUT2D eigenvalue weighted by atomic mass is 16.6. The van der Waals surface area contributed by atoms with Crippen molar-refractivity contribution in [1.82, 2.24) is 0 Å². The first-order valence-electron chi connectivity index (χ1n) is 10.3. The maximum absolute atomic E-state index is 12.8. The van der Waals surface area contributed by atoms with Gasteiger partial charge in [-0.2, -0.15) is 0 Å². The fourth-order valence-corrected chi connectivity index (χ4v) is 7.25. The molecule has 0 radical (unpaired) electrons. The van der Waals surface area contributed by atoms with E-state index in [0.717, 1.165) is 44.1 Å². The minimum absolute atomic E-state index is 0.0918.